The molecule has 412 valence electrons. The van der Waals surface area contributed by atoms with E-state index in [1.54, 1.807) is 12.4 Å². The summed E-state index contributed by atoms with van der Waals surface area (Å²) in [6.45, 7) is 26.2. The Labute approximate surface area is 464 Å². The molecular formula is C69H92BNO6. The van der Waals surface area contributed by atoms with Crippen molar-refractivity contribution < 1.29 is 29.4 Å². The van der Waals surface area contributed by atoms with Crippen LogP contribution in [-0.2, 0) is 31.4 Å². The second-order valence-corrected chi connectivity index (χ2v) is 24.3. The minimum absolute atomic E-state index is 0.0312. The van der Waals surface area contributed by atoms with Gasteiger partial charge in [-0.1, -0.05) is 182 Å². The predicted molar refractivity (Wildman–Crippen MR) is 321 cm³/mol. The minimum Gasteiger partial charge on any atom is -0.481 e. The van der Waals surface area contributed by atoms with Crippen molar-refractivity contribution >= 4 is 30.7 Å². The lowest BCUT2D eigenvalue weighted by Crippen LogP contribution is -2.41. The lowest BCUT2D eigenvalue weighted by molar-refractivity contribution is -0.136. The van der Waals surface area contributed by atoms with Crippen LogP contribution in [-0.4, -0.2) is 55.8 Å². The first kappa shape index (κ1) is 59.5. The Bertz CT molecular complexity index is 2850. The average molecular weight is 1040 g/mol. The van der Waals surface area contributed by atoms with Crippen molar-refractivity contribution in [3.8, 4) is 11.1 Å². The fourth-order valence-electron chi connectivity index (χ4n) is 12.7. The molecule has 77 heavy (non-hydrogen) atoms. The third kappa shape index (κ3) is 13.5. The lowest BCUT2D eigenvalue weighted by atomic mass is 9.68. The summed E-state index contributed by atoms with van der Waals surface area (Å²) in [6, 6.07) is 29.1. The van der Waals surface area contributed by atoms with Gasteiger partial charge in [-0.05, 0) is 179 Å². The molecule has 0 bridgehead atoms. The number of carboxylic acid groups (broad SMARTS) is 1. The number of carboxylic acids is 1. The quantitative estimate of drug-likeness (QED) is 0.0667. The van der Waals surface area contributed by atoms with E-state index in [-0.39, 0.29) is 35.6 Å². The normalized spacial score (nSPS) is 18.4. The highest BCUT2D eigenvalue weighted by Gasteiger charge is 2.52. The zero-order valence-corrected chi connectivity index (χ0v) is 49.1. The lowest BCUT2D eigenvalue weighted by Gasteiger charge is -2.34. The summed E-state index contributed by atoms with van der Waals surface area (Å²) < 4.78 is 12.7. The van der Waals surface area contributed by atoms with Gasteiger partial charge < -0.3 is 24.6 Å². The molecule has 0 unspecified atom stereocenters. The summed E-state index contributed by atoms with van der Waals surface area (Å²) in [5.74, 6) is -0.853. The Morgan fingerprint density at radius 1 is 0.558 bits per heavy atom. The number of hydrogen-bond donors (Lipinski definition) is 3. The highest BCUT2D eigenvalue weighted by atomic mass is 16.7. The molecule has 3 aliphatic rings. The van der Waals surface area contributed by atoms with Gasteiger partial charge in [0.15, 0.2) is 0 Å². The molecular weight excluding hydrogens is 950 g/mol. The number of aromatic nitrogens is 1. The number of hydrogen-bond acceptors (Lipinski definition) is 6. The second kappa shape index (κ2) is 24.9. The van der Waals surface area contributed by atoms with Crippen LogP contribution in [0.1, 0.15) is 219 Å². The number of aryl methyl sites for hydroxylation is 4. The van der Waals surface area contributed by atoms with Gasteiger partial charge in [0, 0.05) is 28.8 Å². The van der Waals surface area contributed by atoms with Gasteiger partial charge in [-0.15, -0.1) is 0 Å². The van der Waals surface area contributed by atoms with Gasteiger partial charge in [0.05, 0.1) is 28.8 Å². The van der Waals surface area contributed by atoms with Crippen LogP contribution in [0.25, 0.3) is 23.3 Å². The van der Waals surface area contributed by atoms with Gasteiger partial charge in [0.1, 0.15) is 0 Å². The fourth-order valence-corrected chi connectivity index (χ4v) is 12.7. The van der Waals surface area contributed by atoms with E-state index in [4.69, 9.17) is 9.31 Å². The fraction of sp³-hybridized carbons (Fsp3) is 0.507. The Hall–Kier alpha value is -5.12. The molecule has 1 aliphatic heterocycles. The van der Waals surface area contributed by atoms with Crippen molar-refractivity contribution in [1.29, 1.82) is 0 Å². The maximum atomic E-state index is 11.2. The molecule has 3 fully saturated rings. The highest BCUT2D eigenvalue weighted by Crippen LogP contribution is 2.44. The third-order valence-corrected chi connectivity index (χ3v) is 18.7. The van der Waals surface area contributed by atoms with Crippen LogP contribution < -0.4 is 5.46 Å². The van der Waals surface area contributed by atoms with Crippen LogP contribution in [0, 0.1) is 27.7 Å². The monoisotopic (exact) mass is 1040 g/mol. The Morgan fingerprint density at radius 2 is 0.961 bits per heavy atom. The molecule has 8 heteroatoms. The van der Waals surface area contributed by atoms with Crippen molar-refractivity contribution in [3.63, 3.8) is 0 Å². The largest absolute Gasteiger partial charge is 0.495 e. The molecule has 0 spiro atoms. The maximum absolute atomic E-state index is 11.2. The van der Waals surface area contributed by atoms with E-state index in [0.29, 0.717) is 5.56 Å². The van der Waals surface area contributed by atoms with Crippen molar-refractivity contribution in [2.45, 2.75) is 225 Å². The topological polar surface area (TPSA) is 109 Å². The number of aliphatic hydroxyl groups is 2. The molecule has 5 aromatic rings. The number of pyridine rings is 1. The number of benzene rings is 4. The first-order chi connectivity index (χ1) is 36.6. The molecule has 2 heterocycles. The van der Waals surface area contributed by atoms with E-state index >= 15 is 0 Å². The zero-order valence-electron chi connectivity index (χ0n) is 49.1. The molecule has 4 aromatic carbocycles. The average Bonchev–Trinajstić information content (AvgIpc) is 3.65. The minimum atomic E-state index is -0.853. The van der Waals surface area contributed by atoms with Crippen LogP contribution in [0.5, 0.6) is 0 Å². The number of carbonyl (C=O) groups is 1. The maximum Gasteiger partial charge on any atom is 0.495 e. The predicted octanol–water partition coefficient (Wildman–Crippen LogP) is 16.0. The third-order valence-electron chi connectivity index (χ3n) is 18.7. The summed E-state index contributed by atoms with van der Waals surface area (Å²) in [5.41, 5.74) is 14.1. The molecule has 1 saturated heterocycles. The zero-order chi connectivity index (χ0) is 55.8. The van der Waals surface area contributed by atoms with Crippen LogP contribution in [0.4, 0.5) is 0 Å². The molecule has 0 amide bonds. The van der Waals surface area contributed by atoms with Gasteiger partial charge in [-0.2, -0.15) is 0 Å². The summed E-state index contributed by atoms with van der Waals surface area (Å²) >= 11 is 0. The molecule has 0 radical (unpaired) electrons. The molecule has 2 aliphatic carbocycles. The molecule has 2 saturated carbocycles. The highest BCUT2D eigenvalue weighted by molar-refractivity contribution is 6.62. The summed E-state index contributed by atoms with van der Waals surface area (Å²) in [7, 11) is -0.344. The van der Waals surface area contributed by atoms with E-state index in [1.807, 2.05) is 12.1 Å². The van der Waals surface area contributed by atoms with Gasteiger partial charge in [0.2, 0.25) is 0 Å². The Morgan fingerprint density at radius 3 is 1.35 bits per heavy atom. The van der Waals surface area contributed by atoms with Crippen LogP contribution in [0.3, 0.4) is 0 Å². The van der Waals surface area contributed by atoms with E-state index < -0.39 is 17.2 Å². The van der Waals surface area contributed by atoms with E-state index in [2.05, 4.69) is 179 Å². The van der Waals surface area contributed by atoms with Crippen LogP contribution in [0.15, 0.2) is 103 Å². The van der Waals surface area contributed by atoms with Crippen LogP contribution >= 0.6 is 0 Å². The van der Waals surface area contributed by atoms with Crippen LogP contribution in [0.2, 0.25) is 0 Å². The van der Waals surface area contributed by atoms with Gasteiger partial charge in [-0.25, -0.2) is 0 Å². The summed E-state index contributed by atoms with van der Waals surface area (Å²) in [5, 5.41) is 31.3. The smallest absolute Gasteiger partial charge is 0.481 e. The first-order valence-electron chi connectivity index (χ1n) is 29.4. The van der Waals surface area contributed by atoms with Crippen molar-refractivity contribution in [2.24, 2.45) is 0 Å². The molecule has 0 atom stereocenters. The van der Waals surface area contributed by atoms with Gasteiger partial charge >= 0.3 is 13.1 Å². The van der Waals surface area contributed by atoms with Crippen molar-refractivity contribution in [3.05, 3.63) is 165 Å². The standard InChI is InChI=1S/C35H43NO3.C34H49BO3/c1-5-35(6-2,30-12-11-28(25(3)19-30)15-18-34(39)16-9-7-8-10-17-34)31-13-14-32(26(4)20-31)29-21-27(22-33(37)38)23-36-24-29;1-9-34(10-2,29-17-18-30(26(4)24-29)35-37-31(5,6)32(7,8)38-35)28-16-15-27(25(3)23-28)19-22-33(36)20-13-11-12-14-21-33/h11-15,18-21,23-24,39H,5-10,16-17,22H2,1-4H3,(H,37,38);15-19,22-24,36H,9-14,20-21H2,1-8H3/b18-15+;22-19+. The molecule has 3 N–H and O–H groups in total. The summed E-state index contributed by atoms with van der Waals surface area (Å²) in [4.78, 5) is 15.5. The van der Waals surface area contributed by atoms with Gasteiger partial charge in [-0.3, -0.25) is 9.78 Å². The van der Waals surface area contributed by atoms with Crippen molar-refractivity contribution in [1.82, 2.24) is 4.98 Å². The van der Waals surface area contributed by atoms with E-state index in [0.717, 1.165) is 105 Å². The Balaban J connectivity index is 0.000000224. The van der Waals surface area contributed by atoms with Crippen molar-refractivity contribution in [2.75, 3.05) is 0 Å². The number of nitrogens with zero attached hydrogens (tertiary/aromatic N) is 1. The second-order valence-electron chi connectivity index (χ2n) is 24.3. The van der Waals surface area contributed by atoms with E-state index in [1.165, 1.54) is 70.2 Å². The number of rotatable bonds is 16. The first-order valence-corrected chi connectivity index (χ1v) is 29.4. The molecule has 8 rings (SSSR count). The SMILES string of the molecule is CCC(CC)(c1ccc(/C=C/C2(O)CCCCCC2)c(C)c1)c1ccc(-c2cncc(CC(=O)O)c2)c(C)c1.CCC(CC)(c1ccc(/C=C/C2(O)CCCCCC2)c(C)c1)c1ccc(B2OC(C)(C)C(C)(C)O2)c(C)c1. The Kier molecular flexibility index (Phi) is 19.3. The van der Waals surface area contributed by atoms with E-state index in [9.17, 15) is 20.1 Å². The number of aliphatic carboxylic acids is 1. The molecule has 1 aromatic heterocycles. The molecule has 7 nitrogen and oxygen atoms in total. The van der Waals surface area contributed by atoms with Gasteiger partial charge in [0.25, 0.3) is 0 Å². The summed E-state index contributed by atoms with van der Waals surface area (Å²) in [6.07, 6.45) is 28.5.